The van der Waals surface area contributed by atoms with E-state index < -0.39 is 17.8 Å². The fourth-order valence-electron chi connectivity index (χ4n) is 1.09. The van der Waals surface area contributed by atoms with Gasteiger partial charge in [0.15, 0.2) is 0 Å². The van der Waals surface area contributed by atoms with Crippen molar-refractivity contribution in [2.45, 2.75) is 12.5 Å². The van der Waals surface area contributed by atoms with Crippen LogP contribution in [0.4, 0.5) is 4.39 Å². The summed E-state index contributed by atoms with van der Waals surface area (Å²) in [5, 5.41) is 8.48. The lowest BCUT2D eigenvalue weighted by Crippen LogP contribution is -2.29. The van der Waals surface area contributed by atoms with Crippen LogP contribution >= 0.6 is 0 Å². The van der Waals surface area contributed by atoms with Gasteiger partial charge < -0.3 is 10.8 Å². The first-order valence-electron chi connectivity index (χ1n) is 4.49. The molecule has 0 aromatic heterocycles. The molecular formula is C11H12FNO2. The Labute approximate surface area is 87.0 Å². The molecule has 3 nitrogen and oxygen atoms in total. The number of hydrogen-bond donors (Lipinski definition) is 2. The van der Waals surface area contributed by atoms with Crippen LogP contribution < -0.4 is 5.73 Å². The maximum atomic E-state index is 13.2. The molecule has 0 saturated carbocycles. The Morgan fingerprint density at radius 3 is 2.60 bits per heavy atom. The molecule has 0 aliphatic carbocycles. The van der Waals surface area contributed by atoms with E-state index in [2.05, 4.69) is 0 Å². The third kappa shape index (κ3) is 3.91. The van der Waals surface area contributed by atoms with Crippen molar-refractivity contribution < 1.29 is 14.3 Å². The Balaban J connectivity index is 2.65. The molecule has 0 fully saturated rings. The Morgan fingerprint density at radius 1 is 1.47 bits per heavy atom. The molecule has 0 unspecified atom stereocenters. The molecule has 1 aromatic rings. The van der Waals surface area contributed by atoms with E-state index in [1.807, 2.05) is 6.07 Å². The van der Waals surface area contributed by atoms with Gasteiger partial charge in [0.2, 0.25) is 0 Å². The van der Waals surface area contributed by atoms with Crippen LogP contribution in [-0.2, 0) is 4.79 Å². The molecule has 0 saturated heterocycles. The van der Waals surface area contributed by atoms with Gasteiger partial charge in [0.05, 0.1) is 0 Å². The second kappa shape index (κ2) is 5.26. The predicted octanol–water partition coefficient (Wildman–Crippen LogP) is 1.80. The van der Waals surface area contributed by atoms with Crippen molar-refractivity contribution in [1.29, 1.82) is 0 Å². The summed E-state index contributed by atoms with van der Waals surface area (Å²) in [5.41, 5.74) is 5.88. The third-order valence-corrected chi connectivity index (χ3v) is 1.85. The summed E-state index contributed by atoms with van der Waals surface area (Å²) in [4.78, 5) is 10.4. The fraction of sp³-hybridized carbons (Fsp3) is 0.182. The van der Waals surface area contributed by atoms with E-state index in [-0.39, 0.29) is 6.42 Å². The van der Waals surface area contributed by atoms with Gasteiger partial charge in [-0.1, -0.05) is 30.3 Å². The van der Waals surface area contributed by atoms with Gasteiger partial charge >= 0.3 is 5.97 Å². The molecule has 3 N–H and O–H groups in total. The normalized spacial score (nSPS) is 13.6. The fourth-order valence-corrected chi connectivity index (χ4v) is 1.09. The van der Waals surface area contributed by atoms with Crippen molar-refractivity contribution in [3.8, 4) is 0 Å². The summed E-state index contributed by atoms with van der Waals surface area (Å²) < 4.78 is 13.2. The minimum Gasteiger partial charge on any atom is -0.480 e. The SMILES string of the molecule is N[C@@H](C/C(F)=C/c1ccccc1)C(=O)O. The Bertz CT molecular complexity index is 362. The number of benzene rings is 1. The van der Waals surface area contributed by atoms with Gasteiger partial charge in [-0.05, 0) is 11.6 Å². The van der Waals surface area contributed by atoms with E-state index in [9.17, 15) is 9.18 Å². The highest BCUT2D eigenvalue weighted by Crippen LogP contribution is 2.12. The lowest BCUT2D eigenvalue weighted by molar-refractivity contribution is -0.138. The lowest BCUT2D eigenvalue weighted by atomic mass is 10.1. The Hall–Kier alpha value is -1.68. The summed E-state index contributed by atoms with van der Waals surface area (Å²) in [6.45, 7) is 0. The maximum absolute atomic E-state index is 13.2. The number of nitrogens with two attached hydrogens (primary N) is 1. The topological polar surface area (TPSA) is 63.3 Å². The molecule has 0 aliphatic heterocycles. The second-order valence-electron chi connectivity index (χ2n) is 3.15. The molecule has 80 valence electrons. The van der Waals surface area contributed by atoms with Gasteiger partial charge in [-0.25, -0.2) is 4.39 Å². The van der Waals surface area contributed by atoms with E-state index in [0.717, 1.165) is 0 Å². The van der Waals surface area contributed by atoms with E-state index in [1.165, 1.54) is 6.08 Å². The quantitative estimate of drug-likeness (QED) is 0.794. The van der Waals surface area contributed by atoms with Crippen LogP contribution in [0.2, 0.25) is 0 Å². The molecule has 0 radical (unpaired) electrons. The average molecular weight is 209 g/mol. The van der Waals surface area contributed by atoms with Crippen molar-refractivity contribution in [3.05, 3.63) is 41.7 Å². The van der Waals surface area contributed by atoms with Gasteiger partial charge in [-0.15, -0.1) is 0 Å². The first-order valence-corrected chi connectivity index (χ1v) is 4.49. The highest BCUT2D eigenvalue weighted by Gasteiger charge is 2.13. The van der Waals surface area contributed by atoms with E-state index >= 15 is 0 Å². The molecule has 1 rings (SSSR count). The molecule has 1 atom stereocenters. The van der Waals surface area contributed by atoms with Gasteiger partial charge in [-0.3, -0.25) is 4.79 Å². The third-order valence-electron chi connectivity index (χ3n) is 1.85. The lowest BCUT2D eigenvalue weighted by Gasteiger charge is -2.03. The van der Waals surface area contributed by atoms with Crippen molar-refractivity contribution in [2.75, 3.05) is 0 Å². The first-order chi connectivity index (χ1) is 7.09. The Morgan fingerprint density at radius 2 is 2.07 bits per heavy atom. The van der Waals surface area contributed by atoms with E-state index in [4.69, 9.17) is 10.8 Å². The summed E-state index contributed by atoms with van der Waals surface area (Å²) in [6.07, 6.45) is 0.993. The van der Waals surface area contributed by atoms with Gasteiger partial charge in [-0.2, -0.15) is 0 Å². The number of carboxylic acid groups (broad SMARTS) is 1. The smallest absolute Gasteiger partial charge is 0.320 e. The van der Waals surface area contributed by atoms with E-state index in [1.54, 1.807) is 24.3 Å². The standard InChI is InChI=1S/C11H12FNO2/c12-9(7-10(13)11(14)15)6-8-4-2-1-3-5-8/h1-6,10H,7,13H2,(H,14,15)/b9-6-/t10-/m0/s1. The molecule has 0 spiro atoms. The number of hydrogen-bond acceptors (Lipinski definition) is 2. The number of rotatable bonds is 4. The van der Waals surface area contributed by atoms with Gasteiger partial charge in [0.1, 0.15) is 11.9 Å². The van der Waals surface area contributed by atoms with Crippen molar-refractivity contribution in [2.24, 2.45) is 5.73 Å². The van der Waals surface area contributed by atoms with Crippen LogP contribution in [-0.4, -0.2) is 17.1 Å². The van der Waals surface area contributed by atoms with Crippen LogP contribution in [0, 0.1) is 0 Å². The highest BCUT2D eigenvalue weighted by atomic mass is 19.1. The summed E-state index contributed by atoms with van der Waals surface area (Å²) in [5.74, 6) is -1.73. The first kappa shape index (κ1) is 11.4. The molecule has 0 bridgehead atoms. The van der Waals surface area contributed by atoms with Crippen LogP contribution in [0.5, 0.6) is 0 Å². The van der Waals surface area contributed by atoms with Crippen LogP contribution in [0.15, 0.2) is 36.2 Å². The zero-order chi connectivity index (χ0) is 11.3. The summed E-state index contributed by atoms with van der Waals surface area (Å²) in [6, 6.07) is 7.63. The molecule has 15 heavy (non-hydrogen) atoms. The maximum Gasteiger partial charge on any atom is 0.320 e. The zero-order valence-corrected chi connectivity index (χ0v) is 8.06. The number of aliphatic carboxylic acids is 1. The number of carbonyl (C=O) groups is 1. The minimum absolute atomic E-state index is 0.287. The minimum atomic E-state index is -1.20. The summed E-state index contributed by atoms with van der Waals surface area (Å²) >= 11 is 0. The average Bonchev–Trinajstić information content (AvgIpc) is 2.18. The van der Waals surface area contributed by atoms with E-state index in [0.29, 0.717) is 5.56 Å². The molecule has 1 aromatic carbocycles. The number of halogens is 1. The number of carboxylic acids is 1. The van der Waals surface area contributed by atoms with Gasteiger partial charge in [0, 0.05) is 6.42 Å². The summed E-state index contributed by atoms with van der Waals surface area (Å²) in [7, 11) is 0. The molecule has 0 amide bonds. The largest absolute Gasteiger partial charge is 0.480 e. The highest BCUT2D eigenvalue weighted by molar-refractivity contribution is 5.73. The van der Waals surface area contributed by atoms with Crippen LogP contribution in [0.3, 0.4) is 0 Å². The van der Waals surface area contributed by atoms with Crippen molar-refractivity contribution in [3.63, 3.8) is 0 Å². The zero-order valence-electron chi connectivity index (χ0n) is 8.06. The molecular weight excluding hydrogens is 197 g/mol. The predicted molar refractivity (Wildman–Crippen MR) is 55.8 cm³/mol. The molecule has 0 aliphatic rings. The monoisotopic (exact) mass is 209 g/mol. The van der Waals surface area contributed by atoms with Crippen molar-refractivity contribution >= 4 is 12.0 Å². The van der Waals surface area contributed by atoms with Crippen LogP contribution in [0.25, 0.3) is 6.08 Å². The Kier molecular flexibility index (Phi) is 4.00. The van der Waals surface area contributed by atoms with Gasteiger partial charge in [0.25, 0.3) is 0 Å². The molecule has 4 heteroatoms. The second-order valence-corrected chi connectivity index (χ2v) is 3.15. The molecule has 0 heterocycles. The van der Waals surface area contributed by atoms with Crippen molar-refractivity contribution in [1.82, 2.24) is 0 Å². The van der Waals surface area contributed by atoms with Crippen LogP contribution in [0.1, 0.15) is 12.0 Å².